The second-order valence-corrected chi connectivity index (χ2v) is 8.07. The van der Waals surface area contributed by atoms with Gasteiger partial charge in [-0.1, -0.05) is 42.5 Å². The lowest BCUT2D eigenvalue weighted by Gasteiger charge is -2.11. The molecule has 0 spiro atoms. The molecule has 5 rings (SSSR count). The summed E-state index contributed by atoms with van der Waals surface area (Å²) in [4.78, 5) is 8.31. The maximum Gasteiger partial charge on any atom is 0.145 e. The van der Waals surface area contributed by atoms with Gasteiger partial charge in [0.25, 0.3) is 0 Å². The summed E-state index contributed by atoms with van der Waals surface area (Å²) in [5.74, 6) is 0.788. The SMILES string of the molecule is COc1ccc(-c2[nH]c3ccc(-c4ccccc4)cc3c2CCCCN)c2cccnc12. The van der Waals surface area contributed by atoms with Crippen LogP contribution in [0.5, 0.6) is 5.75 Å². The first-order valence-electron chi connectivity index (χ1n) is 11.1. The molecule has 0 fully saturated rings. The first-order valence-corrected chi connectivity index (χ1v) is 11.1. The smallest absolute Gasteiger partial charge is 0.145 e. The zero-order chi connectivity index (χ0) is 21.9. The molecule has 0 unspecified atom stereocenters. The highest BCUT2D eigenvalue weighted by Crippen LogP contribution is 2.38. The molecule has 3 aromatic carbocycles. The van der Waals surface area contributed by atoms with E-state index >= 15 is 0 Å². The first kappa shape index (κ1) is 20.3. The molecule has 0 amide bonds. The number of aromatic amines is 1. The monoisotopic (exact) mass is 421 g/mol. The van der Waals surface area contributed by atoms with E-state index < -0.39 is 0 Å². The van der Waals surface area contributed by atoms with Gasteiger partial charge < -0.3 is 15.5 Å². The summed E-state index contributed by atoms with van der Waals surface area (Å²) in [5, 5.41) is 2.35. The number of hydrogen-bond acceptors (Lipinski definition) is 3. The summed E-state index contributed by atoms with van der Waals surface area (Å²) < 4.78 is 5.57. The van der Waals surface area contributed by atoms with E-state index in [-0.39, 0.29) is 0 Å². The number of pyridine rings is 1. The molecule has 3 N–H and O–H groups in total. The van der Waals surface area contributed by atoms with Crippen molar-refractivity contribution in [1.29, 1.82) is 0 Å². The predicted octanol–water partition coefficient (Wildman–Crippen LogP) is 6.34. The fraction of sp³-hybridized carbons (Fsp3) is 0.179. The van der Waals surface area contributed by atoms with Gasteiger partial charge in [0.15, 0.2) is 0 Å². The highest BCUT2D eigenvalue weighted by atomic mass is 16.5. The van der Waals surface area contributed by atoms with E-state index in [1.54, 1.807) is 7.11 Å². The van der Waals surface area contributed by atoms with Crippen LogP contribution in [0.2, 0.25) is 0 Å². The third-order valence-electron chi connectivity index (χ3n) is 6.12. The van der Waals surface area contributed by atoms with E-state index in [0.29, 0.717) is 6.54 Å². The van der Waals surface area contributed by atoms with E-state index in [0.717, 1.165) is 52.7 Å². The fourth-order valence-corrected chi connectivity index (χ4v) is 4.52. The Kier molecular flexibility index (Phi) is 5.61. The number of fused-ring (bicyclic) bond motifs is 2. The lowest BCUT2D eigenvalue weighted by atomic mass is 9.96. The zero-order valence-electron chi connectivity index (χ0n) is 18.3. The van der Waals surface area contributed by atoms with Crippen molar-refractivity contribution in [2.45, 2.75) is 19.3 Å². The Morgan fingerprint density at radius 1 is 0.875 bits per heavy atom. The second kappa shape index (κ2) is 8.85. The van der Waals surface area contributed by atoms with Crippen LogP contribution < -0.4 is 10.5 Å². The van der Waals surface area contributed by atoms with Crippen molar-refractivity contribution in [2.75, 3.05) is 13.7 Å². The summed E-state index contributed by atoms with van der Waals surface area (Å²) in [6.45, 7) is 0.711. The fourth-order valence-electron chi connectivity index (χ4n) is 4.52. The summed E-state index contributed by atoms with van der Waals surface area (Å²) in [5.41, 5.74) is 13.9. The maximum atomic E-state index is 5.81. The standard InChI is InChI=1S/C28H27N3O/c1-32-26-15-13-23(21-11-7-17-30-28(21)26)27-22(10-5-6-16-29)24-18-20(12-14-25(24)31-27)19-8-3-2-4-9-19/h2-4,7-9,11-15,17-18,31H,5-6,10,16,29H2,1H3. The summed E-state index contributed by atoms with van der Waals surface area (Å²) in [6, 6.07) is 25.5. The largest absolute Gasteiger partial charge is 0.494 e. The molecular formula is C28H27N3O. The average Bonchev–Trinajstić information content (AvgIpc) is 3.21. The number of nitrogens with zero attached hydrogens (tertiary/aromatic N) is 1. The van der Waals surface area contributed by atoms with Crippen LogP contribution >= 0.6 is 0 Å². The van der Waals surface area contributed by atoms with Gasteiger partial charge in [-0.15, -0.1) is 0 Å². The van der Waals surface area contributed by atoms with Gasteiger partial charge in [-0.25, -0.2) is 0 Å². The van der Waals surface area contributed by atoms with Crippen molar-refractivity contribution >= 4 is 21.8 Å². The quantitative estimate of drug-likeness (QED) is 0.301. The number of H-pyrrole nitrogens is 1. The molecule has 0 aliphatic carbocycles. The van der Waals surface area contributed by atoms with Gasteiger partial charge in [-0.05, 0) is 72.8 Å². The van der Waals surface area contributed by atoms with Crippen molar-refractivity contribution in [3.8, 4) is 28.1 Å². The van der Waals surface area contributed by atoms with E-state index in [9.17, 15) is 0 Å². The lowest BCUT2D eigenvalue weighted by Crippen LogP contribution is -1.99. The third kappa shape index (κ3) is 3.63. The minimum atomic E-state index is 0.711. The normalized spacial score (nSPS) is 11.3. The Morgan fingerprint density at radius 2 is 1.75 bits per heavy atom. The van der Waals surface area contributed by atoms with Gasteiger partial charge in [-0.3, -0.25) is 4.98 Å². The van der Waals surface area contributed by atoms with Crippen molar-refractivity contribution in [1.82, 2.24) is 9.97 Å². The number of ether oxygens (including phenoxy) is 1. The molecular weight excluding hydrogens is 394 g/mol. The predicted molar refractivity (Wildman–Crippen MR) is 133 cm³/mol. The molecule has 2 heterocycles. The Morgan fingerprint density at radius 3 is 2.56 bits per heavy atom. The third-order valence-corrected chi connectivity index (χ3v) is 6.12. The highest BCUT2D eigenvalue weighted by Gasteiger charge is 2.17. The molecule has 0 aliphatic heterocycles. The molecule has 0 aliphatic rings. The number of benzene rings is 3. The van der Waals surface area contributed by atoms with Gasteiger partial charge in [-0.2, -0.15) is 0 Å². The van der Waals surface area contributed by atoms with Gasteiger partial charge in [0.1, 0.15) is 11.3 Å². The average molecular weight is 422 g/mol. The van der Waals surface area contributed by atoms with Crippen molar-refractivity contribution in [3.05, 3.63) is 84.6 Å². The van der Waals surface area contributed by atoms with Crippen LogP contribution in [0, 0.1) is 0 Å². The second-order valence-electron chi connectivity index (χ2n) is 8.07. The number of aromatic nitrogens is 2. The maximum absolute atomic E-state index is 5.81. The molecule has 4 nitrogen and oxygen atoms in total. The Hall–Kier alpha value is -3.63. The summed E-state index contributed by atoms with van der Waals surface area (Å²) in [6.07, 6.45) is 4.85. The number of aryl methyl sites for hydroxylation is 1. The molecule has 2 aromatic heterocycles. The highest BCUT2D eigenvalue weighted by molar-refractivity contribution is 6.02. The molecule has 0 radical (unpaired) electrons. The van der Waals surface area contributed by atoms with E-state index in [1.165, 1.54) is 22.1 Å². The molecule has 32 heavy (non-hydrogen) atoms. The molecule has 0 saturated carbocycles. The van der Waals surface area contributed by atoms with Crippen LogP contribution in [0.25, 0.3) is 44.2 Å². The zero-order valence-corrected chi connectivity index (χ0v) is 18.3. The van der Waals surface area contributed by atoms with Crippen LogP contribution in [0.15, 0.2) is 79.0 Å². The number of methoxy groups -OCH3 is 1. The summed E-state index contributed by atoms with van der Waals surface area (Å²) in [7, 11) is 1.69. The van der Waals surface area contributed by atoms with Crippen LogP contribution in [-0.2, 0) is 6.42 Å². The molecule has 5 aromatic rings. The molecule has 4 heteroatoms. The Bertz CT molecular complexity index is 1370. The Balaban J connectivity index is 1.72. The molecule has 160 valence electrons. The van der Waals surface area contributed by atoms with Crippen LogP contribution in [-0.4, -0.2) is 23.6 Å². The van der Waals surface area contributed by atoms with Crippen molar-refractivity contribution in [3.63, 3.8) is 0 Å². The topological polar surface area (TPSA) is 63.9 Å². The molecule has 0 bridgehead atoms. The number of nitrogens with one attached hydrogen (secondary N) is 1. The number of unbranched alkanes of at least 4 members (excludes halogenated alkanes) is 1. The number of hydrogen-bond donors (Lipinski definition) is 2. The van der Waals surface area contributed by atoms with E-state index in [4.69, 9.17) is 10.5 Å². The number of nitrogens with two attached hydrogens (primary N) is 1. The minimum Gasteiger partial charge on any atom is -0.494 e. The van der Waals surface area contributed by atoms with Gasteiger partial charge in [0, 0.05) is 28.0 Å². The van der Waals surface area contributed by atoms with Crippen LogP contribution in [0.3, 0.4) is 0 Å². The Labute approximate surface area is 188 Å². The molecule has 0 saturated heterocycles. The van der Waals surface area contributed by atoms with E-state index in [2.05, 4.69) is 70.6 Å². The van der Waals surface area contributed by atoms with E-state index in [1.807, 2.05) is 18.3 Å². The number of rotatable bonds is 7. The lowest BCUT2D eigenvalue weighted by molar-refractivity contribution is 0.419. The minimum absolute atomic E-state index is 0.711. The van der Waals surface area contributed by atoms with Gasteiger partial charge in [0.05, 0.1) is 12.8 Å². The summed E-state index contributed by atoms with van der Waals surface area (Å²) >= 11 is 0. The first-order chi connectivity index (χ1) is 15.8. The van der Waals surface area contributed by atoms with Crippen molar-refractivity contribution < 1.29 is 4.74 Å². The van der Waals surface area contributed by atoms with Crippen molar-refractivity contribution in [2.24, 2.45) is 5.73 Å². The van der Waals surface area contributed by atoms with Crippen LogP contribution in [0.4, 0.5) is 0 Å². The van der Waals surface area contributed by atoms with Crippen LogP contribution in [0.1, 0.15) is 18.4 Å². The van der Waals surface area contributed by atoms with Gasteiger partial charge >= 0.3 is 0 Å². The van der Waals surface area contributed by atoms with Gasteiger partial charge in [0.2, 0.25) is 0 Å². The molecule has 0 atom stereocenters.